The Kier molecular flexibility index (Phi) is 2.31. The highest BCUT2D eigenvalue weighted by Crippen LogP contribution is 2.15. The Morgan fingerprint density at radius 1 is 1.22 bits per heavy atom. The molecule has 0 saturated heterocycles. The van der Waals surface area contributed by atoms with Crippen molar-refractivity contribution in [2.24, 2.45) is 0 Å². The van der Waals surface area contributed by atoms with Crippen LogP contribution in [0.5, 0.6) is 5.75 Å². The van der Waals surface area contributed by atoms with Crippen molar-refractivity contribution in [3.8, 4) is 10.8 Å². The Morgan fingerprint density at radius 3 is 2.78 bits per heavy atom. The summed E-state index contributed by atoms with van der Waals surface area (Å²) >= 11 is 1.31. The van der Waals surface area contributed by atoms with E-state index in [0.29, 0.717) is 15.9 Å². The van der Waals surface area contributed by atoms with Gasteiger partial charge in [0.15, 0.2) is 0 Å². The third kappa shape index (κ3) is 1.54. The second-order valence-corrected chi connectivity index (χ2v) is 4.68. The molecule has 90 valence electrons. The van der Waals surface area contributed by atoms with Crippen LogP contribution < -0.4 is 11.2 Å². The molecule has 2 aromatic heterocycles. The van der Waals surface area contributed by atoms with E-state index in [1.165, 1.54) is 29.5 Å². The summed E-state index contributed by atoms with van der Waals surface area (Å²) in [6.07, 6.45) is 0. The Morgan fingerprint density at radius 2 is 2.06 bits per heavy atom. The van der Waals surface area contributed by atoms with Gasteiger partial charge < -0.3 is 10.1 Å². The third-order valence-corrected chi connectivity index (χ3v) is 3.46. The molecule has 0 aliphatic heterocycles. The molecule has 0 atom stereocenters. The molecule has 0 spiro atoms. The van der Waals surface area contributed by atoms with Gasteiger partial charge in [-0.05, 0) is 29.6 Å². The third-order valence-electron chi connectivity index (χ3n) is 2.61. The fraction of sp³-hybridized carbons (Fsp3) is 0. The van der Waals surface area contributed by atoms with E-state index < -0.39 is 11.2 Å². The number of aromatic amines is 1. The van der Waals surface area contributed by atoms with Crippen molar-refractivity contribution >= 4 is 22.2 Å². The zero-order valence-corrected chi connectivity index (χ0v) is 9.90. The number of H-pyrrole nitrogens is 1. The molecular weight excluding hydrogens is 252 g/mol. The first-order valence-corrected chi connectivity index (χ1v) is 6.07. The lowest BCUT2D eigenvalue weighted by Gasteiger charge is -2.03. The number of benzene rings is 1. The second-order valence-electron chi connectivity index (χ2n) is 3.75. The first-order chi connectivity index (χ1) is 8.66. The number of thiophene rings is 1. The van der Waals surface area contributed by atoms with Crippen LogP contribution in [0.2, 0.25) is 0 Å². The topological polar surface area (TPSA) is 75.1 Å². The van der Waals surface area contributed by atoms with Gasteiger partial charge in [0.25, 0.3) is 5.56 Å². The summed E-state index contributed by atoms with van der Waals surface area (Å²) in [5, 5.41) is 12.1. The van der Waals surface area contributed by atoms with Crippen LogP contribution in [-0.4, -0.2) is 14.7 Å². The van der Waals surface area contributed by atoms with Crippen molar-refractivity contribution in [1.82, 2.24) is 9.55 Å². The van der Waals surface area contributed by atoms with Gasteiger partial charge in [-0.3, -0.25) is 4.79 Å². The van der Waals surface area contributed by atoms with Crippen molar-refractivity contribution in [3.05, 3.63) is 56.5 Å². The zero-order valence-electron chi connectivity index (χ0n) is 9.08. The monoisotopic (exact) mass is 260 g/mol. The maximum atomic E-state index is 12.2. The fourth-order valence-corrected chi connectivity index (χ4v) is 2.53. The zero-order chi connectivity index (χ0) is 12.7. The van der Waals surface area contributed by atoms with Crippen molar-refractivity contribution in [3.63, 3.8) is 0 Å². The van der Waals surface area contributed by atoms with Gasteiger partial charge in [0.2, 0.25) is 0 Å². The summed E-state index contributed by atoms with van der Waals surface area (Å²) in [4.78, 5) is 26.7. The molecule has 6 heteroatoms. The van der Waals surface area contributed by atoms with E-state index in [4.69, 9.17) is 0 Å². The van der Waals surface area contributed by atoms with E-state index in [1.807, 2.05) is 0 Å². The predicted octanol–water partition coefficient (Wildman–Crippen LogP) is 1.45. The van der Waals surface area contributed by atoms with Gasteiger partial charge in [0.1, 0.15) is 10.8 Å². The minimum absolute atomic E-state index is 0.00595. The molecule has 3 rings (SSSR count). The highest BCUT2D eigenvalue weighted by molar-refractivity contribution is 7.12. The summed E-state index contributed by atoms with van der Waals surface area (Å²) in [6, 6.07) is 7.74. The van der Waals surface area contributed by atoms with Crippen molar-refractivity contribution in [2.75, 3.05) is 0 Å². The normalized spacial score (nSPS) is 10.9. The van der Waals surface area contributed by atoms with E-state index in [2.05, 4.69) is 4.98 Å². The van der Waals surface area contributed by atoms with Crippen LogP contribution in [0, 0.1) is 0 Å². The second kappa shape index (κ2) is 3.85. The molecular formula is C12H8N2O3S. The van der Waals surface area contributed by atoms with Gasteiger partial charge in [-0.15, -0.1) is 11.3 Å². The number of aromatic hydroxyl groups is 1. The average molecular weight is 260 g/mol. The van der Waals surface area contributed by atoms with Crippen molar-refractivity contribution < 1.29 is 5.11 Å². The van der Waals surface area contributed by atoms with Gasteiger partial charge in [-0.25, -0.2) is 9.36 Å². The maximum absolute atomic E-state index is 12.2. The maximum Gasteiger partial charge on any atom is 0.334 e. The molecule has 0 radical (unpaired) electrons. The molecule has 18 heavy (non-hydrogen) atoms. The molecule has 2 heterocycles. The molecule has 3 aromatic rings. The lowest BCUT2D eigenvalue weighted by molar-refractivity contribution is 0.476. The molecule has 2 N–H and O–H groups in total. The van der Waals surface area contributed by atoms with Gasteiger partial charge in [-0.2, -0.15) is 0 Å². The summed E-state index contributed by atoms with van der Waals surface area (Å²) < 4.78 is 1.09. The fourth-order valence-electron chi connectivity index (χ4n) is 1.80. The molecule has 0 fully saturated rings. The van der Waals surface area contributed by atoms with Gasteiger partial charge >= 0.3 is 5.69 Å². The Labute approximate surface area is 105 Å². The van der Waals surface area contributed by atoms with Crippen LogP contribution in [0.1, 0.15) is 0 Å². The lowest BCUT2D eigenvalue weighted by Crippen LogP contribution is -2.32. The highest BCUT2D eigenvalue weighted by atomic mass is 32.1. The van der Waals surface area contributed by atoms with Crippen LogP contribution in [0.15, 0.2) is 45.3 Å². The van der Waals surface area contributed by atoms with E-state index in [0.717, 1.165) is 4.57 Å². The van der Waals surface area contributed by atoms with Crippen LogP contribution in [0.4, 0.5) is 0 Å². The van der Waals surface area contributed by atoms with Crippen molar-refractivity contribution in [1.29, 1.82) is 0 Å². The van der Waals surface area contributed by atoms with E-state index in [9.17, 15) is 14.7 Å². The molecule has 5 nitrogen and oxygen atoms in total. The van der Waals surface area contributed by atoms with E-state index in [-0.39, 0.29) is 5.75 Å². The molecule has 1 aromatic carbocycles. The minimum Gasteiger partial charge on any atom is -0.508 e. The first-order valence-electron chi connectivity index (χ1n) is 5.19. The summed E-state index contributed by atoms with van der Waals surface area (Å²) in [7, 11) is 0. The molecule has 0 aliphatic rings. The van der Waals surface area contributed by atoms with Gasteiger partial charge in [0, 0.05) is 6.07 Å². The number of nitrogens with one attached hydrogen (secondary N) is 1. The first kappa shape index (κ1) is 10.8. The molecule has 0 aliphatic carbocycles. The molecule has 0 bridgehead atoms. The summed E-state index contributed by atoms with van der Waals surface area (Å²) in [5.74, 6) is 0.00595. The largest absolute Gasteiger partial charge is 0.508 e. The smallest absolute Gasteiger partial charge is 0.334 e. The number of hydrogen-bond donors (Lipinski definition) is 2. The lowest BCUT2D eigenvalue weighted by atomic mass is 10.2. The Balaban J connectivity index is 2.46. The predicted molar refractivity (Wildman–Crippen MR) is 69.7 cm³/mol. The highest BCUT2D eigenvalue weighted by Gasteiger charge is 2.10. The molecule has 0 unspecified atom stereocenters. The Hall–Kier alpha value is -2.34. The standard InChI is InChI=1S/C12H8N2O3S/c15-7-3-4-8-9(6-7)13-12(17)14(11(8)16)10-2-1-5-18-10/h1-6,15H,(H,13,17). The number of phenols is 1. The number of aromatic nitrogens is 2. The minimum atomic E-state index is -0.513. The van der Waals surface area contributed by atoms with Crippen LogP contribution in [0.3, 0.4) is 0 Å². The molecule has 0 amide bonds. The van der Waals surface area contributed by atoms with Crippen LogP contribution >= 0.6 is 11.3 Å². The number of fused-ring (bicyclic) bond motifs is 1. The van der Waals surface area contributed by atoms with E-state index >= 15 is 0 Å². The van der Waals surface area contributed by atoms with Gasteiger partial charge in [0.05, 0.1) is 10.9 Å². The number of phenolic OH excluding ortho intramolecular Hbond substituents is 1. The van der Waals surface area contributed by atoms with Crippen molar-refractivity contribution in [2.45, 2.75) is 0 Å². The number of rotatable bonds is 1. The van der Waals surface area contributed by atoms with Crippen LogP contribution in [-0.2, 0) is 0 Å². The number of hydrogen-bond acceptors (Lipinski definition) is 4. The SMILES string of the molecule is O=c1[nH]c2cc(O)ccc2c(=O)n1-c1cccs1. The van der Waals surface area contributed by atoms with E-state index in [1.54, 1.807) is 17.5 Å². The summed E-state index contributed by atoms with van der Waals surface area (Å²) in [6.45, 7) is 0. The quantitative estimate of drug-likeness (QED) is 0.695. The summed E-state index contributed by atoms with van der Waals surface area (Å²) in [5.41, 5.74) is -0.574. The molecule has 0 saturated carbocycles. The van der Waals surface area contributed by atoms with Crippen LogP contribution in [0.25, 0.3) is 15.9 Å². The van der Waals surface area contributed by atoms with Gasteiger partial charge in [-0.1, -0.05) is 0 Å². The Bertz CT molecular complexity index is 831. The number of nitrogens with zero attached hydrogens (tertiary/aromatic N) is 1. The average Bonchev–Trinajstić information content (AvgIpc) is 2.82.